The topological polar surface area (TPSA) is 85.2 Å². The zero-order chi connectivity index (χ0) is 15.5. The summed E-state index contributed by atoms with van der Waals surface area (Å²) in [5.41, 5.74) is 2.26. The number of carbonyl (C=O) groups is 1. The van der Waals surface area contributed by atoms with Crippen molar-refractivity contribution in [2.45, 2.75) is 0 Å². The highest BCUT2D eigenvalue weighted by Gasteiger charge is 2.20. The van der Waals surface area contributed by atoms with Crippen LogP contribution in [0.25, 0.3) is 11.4 Å². The monoisotopic (exact) mass is 302 g/mol. The summed E-state index contributed by atoms with van der Waals surface area (Å²) in [6.07, 6.45) is 0. The van der Waals surface area contributed by atoms with Crippen molar-refractivity contribution in [3.05, 3.63) is 23.8 Å². The van der Waals surface area contributed by atoms with Crippen LogP contribution < -0.4 is 5.32 Å². The first-order chi connectivity index (χ1) is 10.7. The minimum absolute atomic E-state index is 0.00298. The maximum Gasteiger partial charge on any atom is 0.254 e. The second-order valence-corrected chi connectivity index (χ2v) is 5.08. The van der Waals surface area contributed by atoms with E-state index in [0.717, 1.165) is 11.3 Å². The predicted octanol–water partition coefficient (Wildman–Crippen LogP) is 0.391. The molecule has 2 heterocycles. The van der Waals surface area contributed by atoms with Gasteiger partial charge >= 0.3 is 0 Å². The van der Waals surface area contributed by atoms with Gasteiger partial charge in [0.1, 0.15) is 0 Å². The molecule has 1 N–H and O–H groups in total. The Hall–Kier alpha value is -2.48. The molecule has 1 aromatic carbocycles. The Morgan fingerprint density at radius 1 is 1.27 bits per heavy atom. The number of aromatic nitrogens is 4. The summed E-state index contributed by atoms with van der Waals surface area (Å²) in [4.78, 5) is 14.5. The van der Waals surface area contributed by atoms with Crippen LogP contribution in [0.1, 0.15) is 10.4 Å². The van der Waals surface area contributed by atoms with Gasteiger partial charge in [-0.3, -0.25) is 4.79 Å². The van der Waals surface area contributed by atoms with Crippen LogP contribution >= 0.6 is 0 Å². The summed E-state index contributed by atoms with van der Waals surface area (Å²) in [5.74, 6) is 0.616. The molecule has 1 amide bonds. The van der Waals surface area contributed by atoms with Crippen LogP contribution in [-0.4, -0.2) is 64.4 Å². The molecule has 0 unspecified atom stereocenters. The average molecular weight is 302 g/mol. The standard InChI is InChI=1S/C14H18N6O2/c1-15-12-8-10(13-16-17-18-19(13)2)7-11(9-12)14(21)20-3-5-22-6-4-20/h7-9,15H,3-6H2,1-2H3. The number of anilines is 1. The van der Waals surface area contributed by atoms with Crippen molar-refractivity contribution < 1.29 is 9.53 Å². The predicted molar refractivity (Wildman–Crippen MR) is 80.5 cm³/mol. The van der Waals surface area contributed by atoms with E-state index in [9.17, 15) is 4.79 Å². The number of morpholine rings is 1. The fourth-order valence-corrected chi connectivity index (χ4v) is 2.45. The van der Waals surface area contributed by atoms with E-state index in [4.69, 9.17) is 4.74 Å². The molecule has 1 aliphatic rings. The number of carbonyl (C=O) groups excluding carboxylic acids is 1. The number of nitrogens with one attached hydrogen (secondary N) is 1. The number of amides is 1. The van der Waals surface area contributed by atoms with Crippen LogP contribution in [0.2, 0.25) is 0 Å². The Morgan fingerprint density at radius 3 is 2.68 bits per heavy atom. The number of aryl methyl sites for hydroxylation is 1. The molecular formula is C14H18N6O2. The van der Waals surface area contributed by atoms with E-state index in [1.807, 2.05) is 25.2 Å². The smallest absolute Gasteiger partial charge is 0.254 e. The molecule has 8 nitrogen and oxygen atoms in total. The van der Waals surface area contributed by atoms with Crippen molar-refractivity contribution in [3.8, 4) is 11.4 Å². The highest BCUT2D eigenvalue weighted by Crippen LogP contribution is 2.23. The minimum Gasteiger partial charge on any atom is -0.388 e. The molecule has 0 bridgehead atoms. The van der Waals surface area contributed by atoms with Gasteiger partial charge in [-0.15, -0.1) is 5.10 Å². The molecule has 1 aromatic heterocycles. The molecule has 1 aliphatic heterocycles. The van der Waals surface area contributed by atoms with E-state index in [1.54, 1.807) is 16.6 Å². The first-order valence-electron chi connectivity index (χ1n) is 7.11. The molecule has 0 saturated carbocycles. The quantitative estimate of drug-likeness (QED) is 0.883. The SMILES string of the molecule is CNc1cc(C(=O)N2CCOCC2)cc(-c2nnnn2C)c1. The third kappa shape index (κ3) is 2.77. The van der Waals surface area contributed by atoms with Crippen LogP contribution in [-0.2, 0) is 11.8 Å². The Balaban J connectivity index is 1.97. The molecule has 1 saturated heterocycles. The number of benzene rings is 1. The Kier molecular flexibility index (Phi) is 4.01. The Morgan fingerprint density at radius 2 is 2.05 bits per heavy atom. The van der Waals surface area contributed by atoms with Crippen molar-refractivity contribution in [2.24, 2.45) is 7.05 Å². The van der Waals surface area contributed by atoms with E-state index in [1.165, 1.54) is 0 Å². The third-order valence-corrected chi connectivity index (χ3v) is 3.65. The van der Waals surface area contributed by atoms with Crippen molar-refractivity contribution in [1.29, 1.82) is 0 Å². The van der Waals surface area contributed by atoms with Crippen LogP contribution in [0.4, 0.5) is 5.69 Å². The lowest BCUT2D eigenvalue weighted by Gasteiger charge is -2.27. The van der Waals surface area contributed by atoms with Crippen LogP contribution in [0, 0.1) is 0 Å². The number of nitrogens with zero attached hydrogens (tertiary/aromatic N) is 5. The lowest BCUT2D eigenvalue weighted by Crippen LogP contribution is -2.40. The van der Waals surface area contributed by atoms with Crippen LogP contribution in [0.3, 0.4) is 0 Å². The van der Waals surface area contributed by atoms with Gasteiger partial charge in [-0.05, 0) is 28.6 Å². The van der Waals surface area contributed by atoms with Crippen molar-refractivity contribution >= 4 is 11.6 Å². The van der Waals surface area contributed by atoms with Gasteiger partial charge in [0.05, 0.1) is 13.2 Å². The van der Waals surface area contributed by atoms with E-state index in [0.29, 0.717) is 37.7 Å². The highest BCUT2D eigenvalue weighted by molar-refractivity contribution is 5.96. The van der Waals surface area contributed by atoms with E-state index in [-0.39, 0.29) is 5.91 Å². The number of rotatable bonds is 3. The summed E-state index contributed by atoms with van der Waals surface area (Å²) >= 11 is 0. The zero-order valence-corrected chi connectivity index (χ0v) is 12.6. The van der Waals surface area contributed by atoms with Gasteiger partial charge < -0.3 is 15.0 Å². The maximum atomic E-state index is 12.7. The average Bonchev–Trinajstić information content (AvgIpc) is 3.00. The number of hydrogen-bond donors (Lipinski definition) is 1. The number of ether oxygens (including phenoxy) is 1. The largest absolute Gasteiger partial charge is 0.388 e. The molecule has 1 fully saturated rings. The zero-order valence-electron chi connectivity index (χ0n) is 12.6. The molecule has 2 aromatic rings. The van der Waals surface area contributed by atoms with Crippen molar-refractivity contribution in [2.75, 3.05) is 38.7 Å². The Bertz CT molecular complexity index is 678. The lowest BCUT2D eigenvalue weighted by atomic mass is 10.1. The van der Waals surface area contributed by atoms with Crippen LogP contribution in [0.5, 0.6) is 0 Å². The molecule has 116 valence electrons. The molecule has 22 heavy (non-hydrogen) atoms. The number of tetrazole rings is 1. The molecule has 3 rings (SSSR count). The fourth-order valence-electron chi connectivity index (χ4n) is 2.45. The van der Waals surface area contributed by atoms with Gasteiger partial charge in [-0.25, -0.2) is 4.68 Å². The summed E-state index contributed by atoms with van der Waals surface area (Å²) in [6.45, 7) is 2.39. The normalized spacial score (nSPS) is 14.9. The fraction of sp³-hybridized carbons (Fsp3) is 0.429. The van der Waals surface area contributed by atoms with Crippen molar-refractivity contribution in [3.63, 3.8) is 0 Å². The summed E-state index contributed by atoms with van der Waals surface area (Å²) in [7, 11) is 3.59. The van der Waals surface area contributed by atoms with Gasteiger partial charge in [0.15, 0.2) is 5.82 Å². The van der Waals surface area contributed by atoms with Crippen LogP contribution in [0.15, 0.2) is 18.2 Å². The first-order valence-corrected chi connectivity index (χ1v) is 7.11. The second-order valence-electron chi connectivity index (χ2n) is 5.08. The minimum atomic E-state index is -0.00298. The van der Waals surface area contributed by atoms with E-state index in [2.05, 4.69) is 20.8 Å². The third-order valence-electron chi connectivity index (χ3n) is 3.65. The molecule has 0 spiro atoms. The van der Waals surface area contributed by atoms with Gasteiger partial charge in [0.25, 0.3) is 5.91 Å². The van der Waals surface area contributed by atoms with Gasteiger partial charge in [0.2, 0.25) is 0 Å². The van der Waals surface area contributed by atoms with Gasteiger partial charge in [-0.1, -0.05) is 0 Å². The number of hydrogen-bond acceptors (Lipinski definition) is 6. The van der Waals surface area contributed by atoms with Crippen molar-refractivity contribution in [1.82, 2.24) is 25.1 Å². The molecular weight excluding hydrogens is 284 g/mol. The Labute approximate surface area is 128 Å². The second kappa shape index (κ2) is 6.10. The van der Waals surface area contributed by atoms with Gasteiger partial charge in [-0.2, -0.15) is 0 Å². The summed E-state index contributed by atoms with van der Waals surface area (Å²) < 4.78 is 6.87. The summed E-state index contributed by atoms with van der Waals surface area (Å²) in [5, 5.41) is 14.6. The summed E-state index contributed by atoms with van der Waals surface area (Å²) in [6, 6.07) is 5.58. The molecule has 8 heteroatoms. The molecule has 0 aliphatic carbocycles. The highest BCUT2D eigenvalue weighted by atomic mass is 16.5. The molecule has 0 atom stereocenters. The lowest BCUT2D eigenvalue weighted by molar-refractivity contribution is 0.0303. The molecule has 0 radical (unpaired) electrons. The van der Waals surface area contributed by atoms with E-state index < -0.39 is 0 Å². The van der Waals surface area contributed by atoms with E-state index >= 15 is 0 Å². The first kappa shape index (κ1) is 14.5. The maximum absolute atomic E-state index is 12.7. The van der Waals surface area contributed by atoms with Gasteiger partial charge in [0, 0.05) is 44.0 Å².